The lowest BCUT2D eigenvalue weighted by Gasteiger charge is -2.12. The summed E-state index contributed by atoms with van der Waals surface area (Å²) in [6.07, 6.45) is 0. The maximum absolute atomic E-state index is 13.0. The fourth-order valence-electron chi connectivity index (χ4n) is 2.79. The molecule has 6 heteroatoms. The Hall–Kier alpha value is -2.33. The number of para-hydroxylation sites is 2. The SMILES string of the molecule is O=C(Oc1cc(Cl)c(Cl)cc1Cl)c1c2ccccc2nc2ccccc12. The standard InChI is InChI=1S/C20H10Cl3NO2/c21-13-9-15(23)18(10-14(13)22)26-20(25)19-11-5-1-3-7-16(11)24-17-8-4-2-6-12(17)19/h1-10H. The summed E-state index contributed by atoms with van der Waals surface area (Å²) >= 11 is 18.1. The maximum atomic E-state index is 13.0. The zero-order valence-electron chi connectivity index (χ0n) is 13.2. The fraction of sp³-hybridized carbons (Fsp3) is 0. The number of aromatic nitrogens is 1. The van der Waals surface area contributed by atoms with Gasteiger partial charge in [-0.2, -0.15) is 0 Å². The van der Waals surface area contributed by atoms with Gasteiger partial charge in [-0.15, -0.1) is 0 Å². The van der Waals surface area contributed by atoms with Crippen LogP contribution in [0.4, 0.5) is 0 Å². The number of ether oxygens (including phenoxy) is 1. The van der Waals surface area contributed by atoms with E-state index < -0.39 is 5.97 Å². The summed E-state index contributed by atoms with van der Waals surface area (Å²) < 4.78 is 5.54. The minimum Gasteiger partial charge on any atom is -0.421 e. The molecule has 0 saturated heterocycles. The van der Waals surface area contributed by atoms with Crippen LogP contribution in [0.15, 0.2) is 60.7 Å². The highest BCUT2D eigenvalue weighted by atomic mass is 35.5. The largest absolute Gasteiger partial charge is 0.421 e. The summed E-state index contributed by atoms with van der Waals surface area (Å²) in [5.74, 6) is -0.392. The van der Waals surface area contributed by atoms with Crippen LogP contribution in [0.3, 0.4) is 0 Å². The summed E-state index contributed by atoms with van der Waals surface area (Å²) in [6.45, 7) is 0. The third-order valence-electron chi connectivity index (χ3n) is 3.97. The van der Waals surface area contributed by atoms with E-state index in [-0.39, 0.29) is 20.8 Å². The second-order valence-electron chi connectivity index (χ2n) is 5.61. The van der Waals surface area contributed by atoms with Gasteiger partial charge in [0.2, 0.25) is 0 Å². The van der Waals surface area contributed by atoms with E-state index in [4.69, 9.17) is 39.5 Å². The van der Waals surface area contributed by atoms with Crippen molar-refractivity contribution in [3.05, 3.63) is 81.3 Å². The van der Waals surface area contributed by atoms with Crippen LogP contribution < -0.4 is 4.74 Å². The van der Waals surface area contributed by atoms with Crippen molar-refractivity contribution >= 4 is 62.6 Å². The highest BCUT2D eigenvalue weighted by molar-refractivity contribution is 6.43. The first-order valence-corrected chi connectivity index (χ1v) is 8.82. The van der Waals surface area contributed by atoms with E-state index in [1.807, 2.05) is 48.5 Å². The summed E-state index contributed by atoms with van der Waals surface area (Å²) in [7, 11) is 0. The quantitative estimate of drug-likeness (QED) is 0.165. The molecule has 0 bridgehead atoms. The number of benzene rings is 3. The molecule has 0 aliphatic rings. The highest BCUT2D eigenvalue weighted by Gasteiger charge is 2.19. The highest BCUT2D eigenvalue weighted by Crippen LogP contribution is 2.35. The zero-order chi connectivity index (χ0) is 18.3. The summed E-state index contributed by atoms with van der Waals surface area (Å²) in [4.78, 5) is 17.6. The lowest BCUT2D eigenvalue weighted by molar-refractivity contribution is 0.0739. The lowest BCUT2D eigenvalue weighted by Crippen LogP contribution is -2.11. The van der Waals surface area contributed by atoms with Crippen LogP contribution in [-0.4, -0.2) is 11.0 Å². The molecule has 0 amide bonds. The van der Waals surface area contributed by atoms with Gasteiger partial charge in [0.1, 0.15) is 0 Å². The first-order valence-electron chi connectivity index (χ1n) is 7.69. The molecular weight excluding hydrogens is 393 g/mol. The van der Waals surface area contributed by atoms with Gasteiger partial charge in [0.25, 0.3) is 0 Å². The number of hydrogen-bond donors (Lipinski definition) is 0. The van der Waals surface area contributed by atoms with Crippen molar-refractivity contribution in [2.45, 2.75) is 0 Å². The number of pyridine rings is 1. The number of carbonyl (C=O) groups excluding carboxylic acids is 1. The molecule has 1 aromatic heterocycles. The summed E-state index contributed by atoms with van der Waals surface area (Å²) in [6, 6.07) is 17.7. The molecule has 4 rings (SSSR count). The normalized spacial score (nSPS) is 11.0. The second-order valence-corrected chi connectivity index (χ2v) is 6.83. The van der Waals surface area contributed by atoms with E-state index in [1.165, 1.54) is 12.1 Å². The number of esters is 1. The number of nitrogens with zero attached hydrogens (tertiary/aromatic N) is 1. The monoisotopic (exact) mass is 401 g/mol. The van der Waals surface area contributed by atoms with Gasteiger partial charge < -0.3 is 4.74 Å². The van der Waals surface area contributed by atoms with Gasteiger partial charge in [-0.25, -0.2) is 9.78 Å². The molecule has 4 aromatic rings. The van der Waals surface area contributed by atoms with Crippen molar-refractivity contribution in [1.29, 1.82) is 0 Å². The van der Waals surface area contributed by atoms with E-state index >= 15 is 0 Å². The second kappa shape index (κ2) is 6.76. The molecule has 3 nitrogen and oxygen atoms in total. The van der Waals surface area contributed by atoms with Crippen LogP contribution in [0.1, 0.15) is 10.4 Å². The van der Waals surface area contributed by atoms with E-state index in [0.717, 1.165) is 0 Å². The van der Waals surface area contributed by atoms with Crippen molar-refractivity contribution in [1.82, 2.24) is 4.98 Å². The van der Waals surface area contributed by atoms with Crippen LogP contribution in [-0.2, 0) is 0 Å². The molecule has 0 atom stereocenters. The summed E-state index contributed by atoms with van der Waals surface area (Å²) in [5, 5.41) is 2.15. The molecule has 0 N–H and O–H groups in total. The molecule has 1 heterocycles. The molecule has 26 heavy (non-hydrogen) atoms. The Bertz CT molecular complexity index is 1120. The number of fused-ring (bicyclic) bond motifs is 2. The Morgan fingerprint density at radius 1 is 0.769 bits per heavy atom. The van der Waals surface area contributed by atoms with Crippen molar-refractivity contribution in [2.75, 3.05) is 0 Å². The first kappa shape index (κ1) is 17.1. The molecule has 3 aromatic carbocycles. The zero-order valence-corrected chi connectivity index (χ0v) is 15.4. The smallest absolute Gasteiger partial charge is 0.344 e. The fourth-order valence-corrected chi connectivity index (χ4v) is 3.37. The average Bonchev–Trinajstić information content (AvgIpc) is 2.64. The predicted octanol–water partition coefficient (Wildman–Crippen LogP) is 6.57. The van der Waals surface area contributed by atoms with Gasteiger partial charge in [-0.1, -0.05) is 71.2 Å². The molecule has 0 aliphatic heterocycles. The first-order chi connectivity index (χ1) is 12.5. The van der Waals surface area contributed by atoms with Gasteiger partial charge in [0.15, 0.2) is 5.75 Å². The Labute approximate surface area is 164 Å². The average molecular weight is 403 g/mol. The van der Waals surface area contributed by atoms with Gasteiger partial charge in [0, 0.05) is 16.8 Å². The molecule has 0 unspecified atom stereocenters. The third kappa shape index (κ3) is 2.99. The number of hydrogen-bond acceptors (Lipinski definition) is 3. The van der Waals surface area contributed by atoms with E-state index in [1.54, 1.807) is 0 Å². The van der Waals surface area contributed by atoms with Crippen LogP contribution in [0.2, 0.25) is 15.1 Å². The van der Waals surface area contributed by atoms with Crippen LogP contribution >= 0.6 is 34.8 Å². The lowest BCUT2D eigenvalue weighted by atomic mass is 10.0. The van der Waals surface area contributed by atoms with E-state index in [2.05, 4.69) is 4.98 Å². The van der Waals surface area contributed by atoms with Crippen LogP contribution in [0, 0.1) is 0 Å². The maximum Gasteiger partial charge on any atom is 0.344 e. The Kier molecular flexibility index (Phi) is 4.45. The van der Waals surface area contributed by atoms with Gasteiger partial charge in [0.05, 0.1) is 31.7 Å². The molecule has 0 fully saturated rings. The van der Waals surface area contributed by atoms with Gasteiger partial charge in [-0.05, 0) is 18.2 Å². The Morgan fingerprint density at radius 2 is 1.31 bits per heavy atom. The molecule has 0 spiro atoms. The molecule has 128 valence electrons. The van der Waals surface area contributed by atoms with Crippen molar-refractivity contribution in [3.8, 4) is 5.75 Å². The topological polar surface area (TPSA) is 39.2 Å². The predicted molar refractivity (Wildman–Crippen MR) is 106 cm³/mol. The van der Waals surface area contributed by atoms with E-state index in [0.29, 0.717) is 27.4 Å². The van der Waals surface area contributed by atoms with Gasteiger partial charge in [-0.3, -0.25) is 0 Å². The number of rotatable bonds is 2. The minimum atomic E-state index is -0.542. The number of carbonyl (C=O) groups is 1. The van der Waals surface area contributed by atoms with Crippen LogP contribution in [0.25, 0.3) is 21.8 Å². The van der Waals surface area contributed by atoms with Crippen molar-refractivity contribution < 1.29 is 9.53 Å². The van der Waals surface area contributed by atoms with Gasteiger partial charge >= 0.3 is 5.97 Å². The Morgan fingerprint density at radius 3 is 1.92 bits per heavy atom. The number of halogens is 3. The minimum absolute atomic E-state index is 0.149. The van der Waals surface area contributed by atoms with Crippen LogP contribution in [0.5, 0.6) is 5.75 Å². The third-order valence-corrected chi connectivity index (χ3v) is 4.99. The molecular formula is C20H10Cl3NO2. The van der Waals surface area contributed by atoms with E-state index in [9.17, 15) is 4.79 Å². The summed E-state index contributed by atoms with van der Waals surface area (Å²) in [5.41, 5.74) is 1.84. The molecule has 0 radical (unpaired) electrons. The van der Waals surface area contributed by atoms with Crippen molar-refractivity contribution in [2.24, 2.45) is 0 Å². The van der Waals surface area contributed by atoms with Crippen molar-refractivity contribution in [3.63, 3.8) is 0 Å². The Balaban J connectivity index is 1.90. The molecule has 0 aliphatic carbocycles. The molecule has 0 saturated carbocycles.